The van der Waals surface area contributed by atoms with Crippen LogP contribution >= 0.6 is 0 Å². The maximum Gasteiger partial charge on any atom is 0.240 e. The SMILES string of the molecule is Cc1ccc(S(=O)(=O)NCCC(=O)NC(c2ccccc2)C2CC2)cc1C. The maximum atomic E-state index is 12.4. The molecule has 0 aromatic heterocycles. The first-order valence-electron chi connectivity index (χ1n) is 9.28. The summed E-state index contributed by atoms with van der Waals surface area (Å²) in [6.07, 6.45) is 2.33. The Hall–Kier alpha value is -2.18. The van der Waals surface area contributed by atoms with Crippen LogP contribution in [0, 0.1) is 19.8 Å². The quantitative estimate of drug-likeness (QED) is 0.731. The second-order valence-corrected chi connectivity index (χ2v) is 8.95. The van der Waals surface area contributed by atoms with E-state index in [1.165, 1.54) is 0 Å². The van der Waals surface area contributed by atoms with Gasteiger partial charge in [-0.3, -0.25) is 4.79 Å². The van der Waals surface area contributed by atoms with Crippen LogP contribution in [0.1, 0.15) is 42.0 Å². The van der Waals surface area contributed by atoms with Crippen molar-refractivity contribution < 1.29 is 13.2 Å². The van der Waals surface area contributed by atoms with Crippen LogP contribution in [0.3, 0.4) is 0 Å². The summed E-state index contributed by atoms with van der Waals surface area (Å²) in [5.41, 5.74) is 3.06. The van der Waals surface area contributed by atoms with Crippen molar-refractivity contribution in [3.05, 3.63) is 65.2 Å². The Labute approximate surface area is 161 Å². The highest BCUT2D eigenvalue weighted by atomic mass is 32.2. The van der Waals surface area contributed by atoms with Gasteiger partial charge in [-0.2, -0.15) is 0 Å². The Morgan fingerprint density at radius 1 is 1.07 bits per heavy atom. The fourth-order valence-electron chi connectivity index (χ4n) is 3.07. The normalized spacial score (nSPS) is 15.3. The van der Waals surface area contributed by atoms with Gasteiger partial charge in [0.05, 0.1) is 10.9 Å². The highest BCUT2D eigenvalue weighted by Gasteiger charge is 2.33. The number of carbonyl (C=O) groups is 1. The minimum absolute atomic E-state index is 0.00931. The molecule has 2 N–H and O–H groups in total. The molecule has 0 bridgehead atoms. The molecular weight excluding hydrogens is 360 g/mol. The summed E-state index contributed by atoms with van der Waals surface area (Å²) in [4.78, 5) is 12.6. The third-order valence-electron chi connectivity index (χ3n) is 5.00. The molecule has 1 fully saturated rings. The van der Waals surface area contributed by atoms with Crippen LogP contribution in [0.2, 0.25) is 0 Å². The Morgan fingerprint density at radius 3 is 2.41 bits per heavy atom. The second-order valence-electron chi connectivity index (χ2n) is 7.19. The van der Waals surface area contributed by atoms with Gasteiger partial charge in [0.1, 0.15) is 0 Å². The zero-order chi connectivity index (χ0) is 19.4. The third-order valence-corrected chi connectivity index (χ3v) is 6.46. The molecule has 1 atom stereocenters. The molecule has 1 aliphatic carbocycles. The van der Waals surface area contributed by atoms with Crippen molar-refractivity contribution in [3.8, 4) is 0 Å². The van der Waals surface area contributed by atoms with Crippen molar-refractivity contribution in [1.29, 1.82) is 0 Å². The van der Waals surface area contributed by atoms with Crippen molar-refractivity contribution >= 4 is 15.9 Å². The van der Waals surface area contributed by atoms with Crippen LogP contribution in [0.5, 0.6) is 0 Å². The molecule has 0 heterocycles. The average Bonchev–Trinajstić information content (AvgIpc) is 3.47. The summed E-state index contributed by atoms with van der Waals surface area (Å²) in [6.45, 7) is 3.89. The van der Waals surface area contributed by atoms with Crippen molar-refractivity contribution in [2.45, 2.75) is 44.0 Å². The molecule has 144 valence electrons. The van der Waals surface area contributed by atoms with Gasteiger partial charge in [-0.15, -0.1) is 0 Å². The molecule has 1 unspecified atom stereocenters. The van der Waals surface area contributed by atoms with E-state index in [9.17, 15) is 13.2 Å². The summed E-state index contributed by atoms with van der Waals surface area (Å²) in [7, 11) is -3.61. The van der Waals surface area contributed by atoms with E-state index >= 15 is 0 Å². The lowest BCUT2D eigenvalue weighted by atomic mass is 10.0. The van der Waals surface area contributed by atoms with Crippen LogP contribution in [-0.4, -0.2) is 20.9 Å². The third kappa shape index (κ3) is 5.17. The first-order chi connectivity index (χ1) is 12.9. The highest BCUT2D eigenvalue weighted by molar-refractivity contribution is 7.89. The molecule has 0 spiro atoms. The standard InChI is InChI=1S/C21H26N2O3S/c1-15-8-11-19(14-16(15)2)27(25,26)22-13-12-20(24)23-21(18-9-10-18)17-6-4-3-5-7-17/h3-8,11,14,18,21-22H,9-10,12-13H2,1-2H3,(H,23,24). The molecule has 3 rings (SSSR count). The molecule has 0 aliphatic heterocycles. The maximum absolute atomic E-state index is 12.4. The summed E-state index contributed by atoms with van der Waals surface area (Å²) < 4.78 is 27.3. The van der Waals surface area contributed by atoms with Crippen molar-refractivity contribution in [2.24, 2.45) is 5.92 Å². The number of hydrogen-bond donors (Lipinski definition) is 2. The van der Waals surface area contributed by atoms with Crippen molar-refractivity contribution in [2.75, 3.05) is 6.54 Å². The van der Waals surface area contributed by atoms with Crippen LogP contribution < -0.4 is 10.0 Å². The second kappa shape index (κ2) is 8.23. The predicted molar refractivity (Wildman–Crippen MR) is 106 cm³/mol. The summed E-state index contributed by atoms with van der Waals surface area (Å²) in [6, 6.07) is 15.0. The van der Waals surface area contributed by atoms with E-state index in [-0.39, 0.29) is 29.8 Å². The van der Waals surface area contributed by atoms with E-state index in [2.05, 4.69) is 10.0 Å². The Kier molecular flexibility index (Phi) is 5.97. The predicted octanol–water partition coefficient (Wildman–Crippen LogP) is 3.24. The molecular formula is C21H26N2O3S. The van der Waals surface area contributed by atoms with Gasteiger partial charge in [-0.25, -0.2) is 13.1 Å². The summed E-state index contributed by atoms with van der Waals surface area (Å²) in [5, 5.41) is 3.06. The number of amides is 1. The Morgan fingerprint density at radius 2 is 1.78 bits per heavy atom. The lowest BCUT2D eigenvalue weighted by molar-refractivity contribution is -0.121. The van der Waals surface area contributed by atoms with Gasteiger partial charge in [-0.05, 0) is 61.4 Å². The van der Waals surface area contributed by atoms with Crippen LogP contribution in [-0.2, 0) is 14.8 Å². The zero-order valence-electron chi connectivity index (χ0n) is 15.7. The Bertz CT molecular complexity index is 906. The molecule has 5 nitrogen and oxygen atoms in total. The molecule has 2 aromatic carbocycles. The van der Waals surface area contributed by atoms with Gasteiger partial charge in [0.2, 0.25) is 15.9 Å². The number of sulfonamides is 1. The van der Waals surface area contributed by atoms with Gasteiger partial charge in [0.25, 0.3) is 0 Å². The van der Waals surface area contributed by atoms with Gasteiger partial charge in [-0.1, -0.05) is 36.4 Å². The number of carbonyl (C=O) groups excluding carboxylic acids is 1. The summed E-state index contributed by atoms with van der Waals surface area (Å²) >= 11 is 0. The van der Waals surface area contributed by atoms with E-state index in [0.29, 0.717) is 5.92 Å². The minimum Gasteiger partial charge on any atom is -0.349 e. The first-order valence-corrected chi connectivity index (χ1v) is 10.8. The van der Waals surface area contributed by atoms with Gasteiger partial charge in [0, 0.05) is 13.0 Å². The Balaban J connectivity index is 1.55. The van der Waals surface area contributed by atoms with E-state index in [1.54, 1.807) is 18.2 Å². The van der Waals surface area contributed by atoms with Crippen LogP contribution in [0.25, 0.3) is 0 Å². The van der Waals surface area contributed by atoms with Crippen LogP contribution in [0.4, 0.5) is 0 Å². The lowest BCUT2D eigenvalue weighted by Gasteiger charge is -2.19. The van der Waals surface area contributed by atoms with Crippen molar-refractivity contribution in [1.82, 2.24) is 10.0 Å². The van der Waals surface area contributed by atoms with Crippen LogP contribution in [0.15, 0.2) is 53.4 Å². The van der Waals surface area contributed by atoms with E-state index in [4.69, 9.17) is 0 Å². The van der Waals surface area contributed by atoms with Gasteiger partial charge >= 0.3 is 0 Å². The monoisotopic (exact) mass is 386 g/mol. The first kappa shape index (κ1) is 19.6. The average molecular weight is 387 g/mol. The van der Waals surface area contributed by atoms with E-state index < -0.39 is 10.0 Å². The molecule has 1 aliphatic rings. The molecule has 1 saturated carbocycles. The van der Waals surface area contributed by atoms with Crippen molar-refractivity contribution in [3.63, 3.8) is 0 Å². The summed E-state index contributed by atoms with van der Waals surface area (Å²) in [5.74, 6) is 0.335. The van der Waals surface area contributed by atoms with E-state index in [0.717, 1.165) is 29.5 Å². The highest BCUT2D eigenvalue weighted by Crippen LogP contribution is 2.40. The molecule has 2 aromatic rings. The fraction of sp³-hybridized carbons (Fsp3) is 0.381. The molecule has 0 radical (unpaired) electrons. The minimum atomic E-state index is -3.61. The number of aryl methyl sites for hydroxylation is 2. The largest absolute Gasteiger partial charge is 0.349 e. The molecule has 1 amide bonds. The van der Waals surface area contributed by atoms with Gasteiger partial charge < -0.3 is 5.32 Å². The molecule has 0 saturated heterocycles. The molecule has 6 heteroatoms. The number of rotatable bonds is 8. The zero-order valence-corrected chi connectivity index (χ0v) is 16.6. The van der Waals surface area contributed by atoms with E-state index in [1.807, 2.05) is 44.2 Å². The molecule has 27 heavy (non-hydrogen) atoms. The number of nitrogens with one attached hydrogen (secondary N) is 2. The fourth-order valence-corrected chi connectivity index (χ4v) is 4.19. The topological polar surface area (TPSA) is 75.3 Å². The van der Waals surface area contributed by atoms with Gasteiger partial charge in [0.15, 0.2) is 0 Å². The lowest BCUT2D eigenvalue weighted by Crippen LogP contribution is -2.33. The smallest absolute Gasteiger partial charge is 0.240 e. The number of benzene rings is 2. The number of hydrogen-bond acceptors (Lipinski definition) is 3.